The van der Waals surface area contributed by atoms with Crippen LogP contribution in [-0.4, -0.2) is 56.4 Å². The van der Waals surface area contributed by atoms with Crippen molar-refractivity contribution < 1.29 is 19.1 Å². The fourth-order valence-corrected chi connectivity index (χ4v) is 4.17. The highest BCUT2D eigenvalue weighted by atomic mass is 32.1. The van der Waals surface area contributed by atoms with Crippen LogP contribution in [0.15, 0.2) is 66.0 Å². The van der Waals surface area contributed by atoms with Gasteiger partial charge in [0.25, 0.3) is 5.91 Å². The third-order valence-electron chi connectivity index (χ3n) is 5.27. The van der Waals surface area contributed by atoms with Gasteiger partial charge in [-0.25, -0.2) is 15.6 Å². The summed E-state index contributed by atoms with van der Waals surface area (Å²) in [7, 11) is 0. The lowest BCUT2D eigenvalue weighted by Crippen LogP contribution is -2.38. The molecule has 1 fully saturated rings. The molecule has 1 aliphatic heterocycles. The molecule has 0 aliphatic carbocycles. The van der Waals surface area contributed by atoms with Crippen LogP contribution < -0.4 is 16.2 Å². The fraction of sp³-hybridized carbons (Fsp3) is 0.250. The van der Waals surface area contributed by atoms with Gasteiger partial charge in [-0.3, -0.25) is 15.0 Å². The molecule has 172 valence electrons. The number of hydrogen-bond donors (Lipinski definition) is 2. The molecule has 0 saturated carbocycles. The van der Waals surface area contributed by atoms with Gasteiger partial charge in [0.1, 0.15) is 6.61 Å². The molecule has 1 saturated heterocycles. The first kappa shape index (κ1) is 22.9. The average Bonchev–Trinajstić information content (AvgIpc) is 3.40. The molecule has 33 heavy (non-hydrogen) atoms. The van der Waals surface area contributed by atoms with Crippen LogP contribution in [0.1, 0.15) is 10.4 Å². The number of thiophene rings is 1. The number of nitrogens with two attached hydrogens (primary N) is 1. The van der Waals surface area contributed by atoms with Crippen LogP contribution in [-0.2, 0) is 9.47 Å². The van der Waals surface area contributed by atoms with E-state index in [1.807, 2.05) is 35.7 Å². The summed E-state index contributed by atoms with van der Waals surface area (Å²) in [6.07, 6.45) is -0.534. The lowest BCUT2D eigenvalue weighted by molar-refractivity contribution is 0.0290. The average molecular weight is 467 g/mol. The van der Waals surface area contributed by atoms with Gasteiger partial charge in [-0.1, -0.05) is 18.2 Å². The van der Waals surface area contributed by atoms with Crippen molar-refractivity contribution in [3.8, 4) is 10.4 Å². The largest absolute Gasteiger partial charge is 0.448 e. The van der Waals surface area contributed by atoms with E-state index in [9.17, 15) is 9.59 Å². The molecule has 2 aromatic carbocycles. The molecule has 2 heterocycles. The van der Waals surface area contributed by atoms with E-state index in [0.29, 0.717) is 43.3 Å². The highest BCUT2D eigenvalue weighted by Crippen LogP contribution is 2.28. The third-order valence-corrected chi connectivity index (χ3v) is 6.19. The van der Waals surface area contributed by atoms with Crippen molar-refractivity contribution in [3.05, 3.63) is 71.6 Å². The number of ether oxygens (including phenoxy) is 2. The summed E-state index contributed by atoms with van der Waals surface area (Å²) in [6.45, 7) is 4.07. The number of carbonyl (C=O) groups is 2. The Morgan fingerprint density at radius 3 is 2.61 bits per heavy atom. The predicted octanol–water partition coefficient (Wildman–Crippen LogP) is 3.82. The van der Waals surface area contributed by atoms with Crippen molar-refractivity contribution in [2.24, 2.45) is 5.84 Å². The molecule has 2 amide bonds. The van der Waals surface area contributed by atoms with Crippen molar-refractivity contribution >= 4 is 34.7 Å². The minimum absolute atomic E-state index is 0.301. The summed E-state index contributed by atoms with van der Waals surface area (Å²) in [4.78, 5) is 28.2. The van der Waals surface area contributed by atoms with Crippen LogP contribution in [0, 0.1) is 0 Å². The molecule has 9 heteroatoms. The number of hydrazine groups is 1. The van der Waals surface area contributed by atoms with Crippen LogP contribution in [0.5, 0.6) is 0 Å². The number of rotatable bonds is 7. The maximum Gasteiger partial charge on any atom is 0.411 e. The summed E-state index contributed by atoms with van der Waals surface area (Å²) < 4.78 is 10.5. The Labute approximate surface area is 196 Å². The number of nitrogens with zero attached hydrogens (tertiary/aromatic N) is 2. The number of anilines is 2. The van der Waals surface area contributed by atoms with Gasteiger partial charge < -0.3 is 9.47 Å². The first-order chi connectivity index (χ1) is 16.1. The molecule has 0 atom stereocenters. The first-order valence-electron chi connectivity index (χ1n) is 10.7. The van der Waals surface area contributed by atoms with Crippen molar-refractivity contribution in [2.75, 3.05) is 49.8 Å². The molecule has 0 unspecified atom stereocenters. The topological polar surface area (TPSA) is 97.1 Å². The van der Waals surface area contributed by atoms with E-state index in [0.717, 1.165) is 28.5 Å². The lowest BCUT2D eigenvalue weighted by Gasteiger charge is -2.26. The maximum atomic E-state index is 12.8. The van der Waals surface area contributed by atoms with E-state index >= 15 is 0 Å². The van der Waals surface area contributed by atoms with Gasteiger partial charge in [-0.15, -0.1) is 11.3 Å². The van der Waals surface area contributed by atoms with Crippen molar-refractivity contribution in [2.45, 2.75) is 0 Å². The van der Waals surface area contributed by atoms with E-state index < -0.39 is 6.09 Å². The van der Waals surface area contributed by atoms with Crippen molar-refractivity contribution in [1.29, 1.82) is 0 Å². The smallest absolute Gasteiger partial charge is 0.411 e. The van der Waals surface area contributed by atoms with Crippen LogP contribution in [0.4, 0.5) is 16.2 Å². The van der Waals surface area contributed by atoms with Gasteiger partial charge in [0.2, 0.25) is 0 Å². The molecule has 3 N–H and O–H groups in total. The monoisotopic (exact) mass is 466 g/mol. The Morgan fingerprint density at radius 2 is 1.88 bits per heavy atom. The Hall–Kier alpha value is -3.24. The number of benzene rings is 2. The minimum Gasteiger partial charge on any atom is -0.448 e. The number of morpholine rings is 1. The molecule has 1 aromatic heterocycles. The van der Waals surface area contributed by atoms with Crippen LogP contribution in [0.3, 0.4) is 0 Å². The zero-order valence-electron chi connectivity index (χ0n) is 18.1. The maximum absolute atomic E-state index is 12.8. The van der Waals surface area contributed by atoms with Gasteiger partial charge in [-0.2, -0.15) is 0 Å². The molecule has 4 rings (SSSR count). The molecular formula is C24H26N4O4S. The second kappa shape index (κ2) is 11.1. The van der Waals surface area contributed by atoms with E-state index in [2.05, 4.69) is 10.2 Å². The normalized spacial score (nSPS) is 14.0. The lowest BCUT2D eigenvalue weighted by atomic mass is 10.1. The number of carbonyl (C=O) groups excluding carboxylic acids is 2. The van der Waals surface area contributed by atoms with Crippen LogP contribution >= 0.6 is 11.3 Å². The zero-order valence-corrected chi connectivity index (χ0v) is 18.9. The van der Waals surface area contributed by atoms with Gasteiger partial charge in [-0.05, 0) is 53.4 Å². The predicted molar refractivity (Wildman–Crippen MR) is 129 cm³/mol. The molecule has 1 aliphatic rings. The van der Waals surface area contributed by atoms with Gasteiger partial charge in [0, 0.05) is 35.8 Å². The summed E-state index contributed by atoms with van der Waals surface area (Å²) in [5.41, 5.74) is 2.53. The second-order valence-corrected chi connectivity index (χ2v) is 8.44. The molecular weight excluding hydrogens is 440 g/mol. The van der Waals surface area contributed by atoms with E-state index in [1.165, 1.54) is 0 Å². The standard InChI is InChI=1S/C24H26N4O4S/c25-28(21-4-1-3-19(17-21)22-5-2-16-33-22)23(29)18-6-8-20(9-7-18)26-24(30)32-15-12-27-10-13-31-14-11-27/h1-9,16-17H,10-15,25H2,(H,26,30). The Morgan fingerprint density at radius 1 is 1.09 bits per heavy atom. The SMILES string of the molecule is NN(C(=O)c1ccc(NC(=O)OCCN2CCOCC2)cc1)c1cccc(-c2cccs2)c1. The Balaban J connectivity index is 1.30. The summed E-state index contributed by atoms with van der Waals surface area (Å²) in [6, 6.07) is 18.1. The summed E-state index contributed by atoms with van der Waals surface area (Å²) in [5.74, 6) is 5.76. The van der Waals surface area contributed by atoms with Crippen molar-refractivity contribution in [1.82, 2.24) is 4.90 Å². The molecule has 8 nitrogen and oxygen atoms in total. The summed E-state index contributed by atoms with van der Waals surface area (Å²) >= 11 is 1.62. The fourth-order valence-electron chi connectivity index (χ4n) is 3.45. The molecule has 3 aromatic rings. The Kier molecular flexibility index (Phi) is 7.69. The number of amides is 2. The highest BCUT2D eigenvalue weighted by Gasteiger charge is 2.16. The quantitative estimate of drug-likeness (QED) is 0.312. The van der Waals surface area contributed by atoms with E-state index in [-0.39, 0.29) is 5.91 Å². The highest BCUT2D eigenvalue weighted by molar-refractivity contribution is 7.13. The third kappa shape index (κ3) is 6.17. The van der Waals surface area contributed by atoms with Gasteiger partial charge in [0.15, 0.2) is 0 Å². The van der Waals surface area contributed by atoms with Crippen LogP contribution in [0.25, 0.3) is 10.4 Å². The molecule has 0 bridgehead atoms. The molecule has 0 radical (unpaired) electrons. The van der Waals surface area contributed by atoms with Gasteiger partial charge in [0.05, 0.1) is 18.9 Å². The van der Waals surface area contributed by atoms with Gasteiger partial charge >= 0.3 is 6.09 Å². The van der Waals surface area contributed by atoms with E-state index in [4.69, 9.17) is 15.3 Å². The zero-order chi connectivity index (χ0) is 23.0. The summed E-state index contributed by atoms with van der Waals surface area (Å²) in [5, 5.41) is 5.80. The first-order valence-corrected chi connectivity index (χ1v) is 11.6. The van der Waals surface area contributed by atoms with Crippen LogP contribution in [0.2, 0.25) is 0 Å². The van der Waals surface area contributed by atoms with E-state index in [1.54, 1.807) is 41.7 Å². The number of hydrogen-bond acceptors (Lipinski definition) is 7. The number of nitrogens with one attached hydrogen (secondary N) is 1. The minimum atomic E-state index is -0.534. The molecule has 0 spiro atoms. The van der Waals surface area contributed by atoms with Crippen molar-refractivity contribution in [3.63, 3.8) is 0 Å². The second-order valence-electron chi connectivity index (χ2n) is 7.50. The Bertz CT molecular complexity index is 1070.